The van der Waals surface area contributed by atoms with Gasteiger partial charge in [0.15, 0.2) is 0 Å². The van der Waals surface area contributed by atoms with Crippen LogP contribution in [0.4, 0.5) is 0 Å². The third kappa shape index (κ3) is 6.94. The van der Waals surface area contributed by atoms with Gasteiger partial charge in [-0.3, -0.25) is 9.69 Å². The number of ether oxygens (including phenoxy) is 1. The van der Waals surface area contributed by atoms with E-state index in [1.807, 2.05) is 54.6 Å². The highest BCUT2D eigenvalue weighted by molar-refractivity contribution is 5.82. The molecule has 1 saturated carbocycles. The van der Waals surface area contributed by atoms with Crippen LogP contribution in [0.1, 0.15) is 74.6 Å². The molecule has 3 aromatic rings. The Hall–Kier alpha value is -3.36. The minimum Gasteiger partial charge on any atom is -0.494 e. The van der Waals surface area contributed by atoms with Gasteiger partial charge in [-0.05, 0) is 73.6 Å². The molecule has 198 valence electrons. The molecule has 0 radical (unpaired) electrons. The number of fused-ring (bicyclic) bond motifs is 2. The van der Waals surface area contributed by atoms with E-state index in [9.17, 15) is 4.79 Å². The van der Waals surface area contributed by atoms with Gasteiger partial charge in [0.1, 0.15) is 17.3 Å². The summed E-state index contributed by atoms with van der Waals surface area (Å²) in [6.07, 6.45) is 5.96. The van der Waals surface area contributed by atoms with E-state index in [2.05, 4.69) is 42.7 Å². The van der Waals surface area contributed by atoms with Crippen molar-refractivity contribution in [2.45, 2.75) is 70.8 Å². The summed E-state index contributed by atoms with van der Waals surface area (Å²) in [6.45, 7) is 9.39. The zero-order valence-electron chi connectivity index (χ0n) is 22.8. The molecule has 2 heterocycles. The highest BCUT2D eigenvalue weighted by Crippen LogP contribution is 2.37. The average molecular weight is 511 g/mol. The Labute approximate surface area is 226 Å². The lowest BCUT2D eigenvalue weighted by atomic mass is 9.93. The summed E-state index contributed by atoms with van der Waals surface area (Å²) >= 11 is 0. The fraction of sp³-hybridized carbons (Fsp3) is 0.455. The molecule has 2 aliphatic rings. The molecule has 2 fully saturated rings. The molecule has 2 bridgehead atoms. The number of rotatable bonds is 9. The minimum absolute atomic E-state index is 0.114. The van der Waals surface area contributed by atoms with Crippen LogP contribution in [0.15, 0.2) is 59.1 Å². The van der Waals surface area contributed by atoms with Crippen molar-refractivity contribution in [2.24, 2.45) is 5.92 Å². The summed E-state index contributed by atoms with van der Waals surface area (Å²) in [5.74, 6) is 9.19. The fourth-order valence-corrected chi connectivity index (χ4v) is 5.48. The number of nitrogens with zero attached hydrogens (tertiary/aromatic N) is 2. The number of benzene rings is 2. The molecular weight excluding hydrogens is 472 g/mol. The number of carbonyl (C=O) groups is 1. The maximum absolute atomic E-state index is 12.5. The van der Waals surface area contributed by atoms with Crippen molar-refractivity contribution in [3.05, 3.63) is 82.7 Å². The predicted molar refractivity (Wildman–Crippen MR) is 149 cm³/mol. The van der Waals surface area contributed by atoms with Crippen LogP contribution in [-0.4, -0.2) is 41.6 Å². The van der Waals surface area contributed by atoms with Gasteiger partial charge in [0.25, 0.3) is 0 Å². The van der Waals surface area contributed by atoms with Crippen LogP contribution in [0.25, 0.3) is 0 Å². The molecule has 1 saturated heterocycles. The third-order valence-electron chi connectivity index (χ3n) is 7.62. The highest BCUT2D eigenvalue weighted by atomic mass is 16.5. The molecular formula is C33H38N2O3. The fourth-order valence-electron chi connectivity index (χ4n) is 5.48. The molecule has 0 amide bonds. The smallest absolute Gasteiger partial charge is 0.143 e. The molecule has 5 rings (SSSR count). The standard InChI is InChI=1S/C33H38N2O3/c1-33(2,3)32-22-28(34-38-32)21-30(36)20-26-9-7-24(8-10-26)5-6-25-12-15-31(16-13-25)37-18-4-17-35-23-27-11-14-29(35)19-27/h7-10,12-13,15-16,22,27,29H,4,11,14,17-21,23H2,1-3H3. The first-order chi connectivity index (χ1) is 18.3. The van der Waals surface area contributed by atoms with Gasteiger partial charge >= 0.3 is 0 Å². The summed E-state index contributed by atoms with van der Waals surface area (Å²) in [4.78, 5) is 15.2. The maximum atomic E-state index is 12.5. The van der Waals surface area contributed by atoms with Gasteiger partial charge < -0.3 is 9.26 Å². The summed E-state index contributed by atoms with van der Waals surface area (Å²) < 4.78 is 11.3. The van der Waals surface area contributed by atoms with Crippen LogP contribution >= 0.6 is 0 Å². The Balaban J connectivity index is 1.05. The third-order valence-corrected chi connectivity index (χ3v) is 7.62. The number of piperidine rings is 1. The van der Waals surface area contributed by atoms with Gasteiger partial charge in [0.2, 0.25) is 0 Å². The van der Waals surface area contributed by atoms with Crippen molar-refractivity contribution >= 4 is 5.78 Å². The Bertz CT molecular complexity index is 1290. The monoisotopic (exact) mass is 510 g/mol. The zero-order chi connectivity index (χ0) is 26.5. The molecule has 2 unspecified atom stereocenters. The quantitative estimate of drug-likeness (QED) is 0.262. The first-order valence-electron chi connectivity index (χ1n) is 13.9. The first-order valence-corrected chi connectivity index (χ1v) is 13.9. The number of Topliss-reactive ketones (excluding diaryl/α,β-unsaturated/α-hetero) is 1. The van der Waals surface area contributed by atoms with Crippen LogP contribution in [0, 0.1) is 17.8 Å². The normalized spacial score (nSPS) is 18.8. The van der Waals surface area contributed by atoms with Crippen molar-refractivity contribution in [3.8, 4) is 17.6 Å². The maximum Gasteiger partial charge on any atom is 0.143 e. The van der Waals surface area contributed by atoms with Gasteiger partial charge in [0.05, 0.1) is 18.7 Å². The molecule has 2 atom stereocenters. The number of carbonyl (C=O) groups excluding carboxylic acids is 1. The SMILES string of the molecule is CC(C)(C)c1cc(CC(=O)Cc2ccc(C#Cc3ccc(OCCCN4CC5CCC4C5)cc3)cc2)no1. The molecule has 1 aliphatic heterocycles. The molecule has 5 heteroatoms. The lowest BCUT2D eigenvalue weighted by Gasteiger charge is -2.26. The van der Waals surface area contributed by atoms with E-state index < -0.39 is 0 Å². The topological polar surface area (TPSA) is 55.6 Å². The second-order valence-electron chi connectivity index (χ2n) is 11.8. The summed E-state index contributed by atoms with van der Waals surface area (Å²) in [5, 5.41) is 4.05. The summed E-state index contributed by atoms with van der Waals surface area (Å²) in [7, 11) is 0. The average Bonchev–Trinajstić information content (AvgIpc) is 3.64. The van der Waals surface area contributed by atoms with E-state index in [0.29, 0.717) is 12.1 Å². The molecule has 5 nitrogen and oxygen atoms in total. The highest BCUT2D eigenvalue weighted by Gasteiger charge is 2.37. The van der Waals surface area contributed by atoms with Crippen molar-refractivity contribution in [2.75, 3.05) is 19.7 Å². The van der Waals surface area contributed by atoms with E-state index in [0.717, 1.165) is 59.7 Å². The van der Waals surface area contributed by atoms with Crippen LogP contribution in [0.2, 0.25) is 0 Å². The van der Waals surface area contributed by atoms with Crippen LogP contribution in [-0.2, 0) is 23.1 Å². The van der Waals surface area contributed by atoms with Gasteiger partial charge in [0, 0.05) is 48.2 Å². The lowest BCUT2D eigenvalue weighted by molar-refractivity contribution is -0.117. The number of aromatic nitrogens is 1. The second-order valence-corrected chi connectivity index (χ2v) is 11.8. The number of hydrogen-bond acceptors (Lipinski definition) is 5. The van der Waals surface area contributed by atoms with Crippen molar-refractivity contribution in [1.29, 1.82) is 0 Å². The van der Waals surface area contributed by atoms with Crippen molar-refractivity contribution in [3.63, 3.8) is 0 Å². The van der Waals surface area contributed by atoms with E-state index in [4.69, 9.17) is 9.26 Å². The number of ketones is 1. The predicted octanol–water partition coefficient (Wildman–Crippen LogP) is 5.98. The Kier molecular flexibility index (Phi) is 8.00. The minimum atomic E-state index is -0.118. The summed E-state index contributed by atoms with van der Waals surface area (Å²) in [5.41, 5.74) is 3.41. The molecule has 2 aromatic carbocycles. The van der Waals surface area contributed by atoms with E-state index >= 15 is 0 Å². The van der Waals surface area contributed by atoms with E-state index in [1.165, 1.54) is 25.8 Å². The van der Waals surface area contributed by atoms with E-state index in [-0.39, 0.29) is 17.6 Å². The molecule has 0 N–H and O–H groups in total. The van der Waals surface area contributed by atoms with Crippen molar-refractivity contribution in [1.82, 2.24) is 10.1 Å². The molecule has 1 aromatic heterocycles. The van der Waals surface area contributed by atoms with Crippen LogP contribution in [0.5, 0.6) is 5.75 Å². The second kappa shape index (κ2) is 11.6. The molecule has 0 spiro atoms. The van der Waals surface area contributed by atoms with E-state index in [1.54, 1.807) is 0 Å². The molecule has 38 heavy (non-hydrogen) atoms. The zero-order valence-corrected chi connectivity index (χ0v) is 22.8. The van der Waals surface area contributed by atoms with Crippen LogP contribution in [0.3, 0.4) is 0 Å². The largest absolute Gasteiger partial charge is 0.494 e. The Morgan fingerprint density at radius 3 is 2.34 bits per heavy atom. The van der Waals surface area contributed by atoms with Crippen LogP contribution < -0.4 is 4.74 Å². The Morgan fingerprint density at radius 1 is 1.03 bits per heavy atom. The number of likely N-dealkylation sites (tertiary alicyclic amines) is 1. The lowest BCUT2D eigenvalue weighted by Crippen LogP contribution is -2.33. The number of hydrogen-bond donors (Lipinski definition) is 0. The van der Waals surface area contributed by atoms with Gasteiger partial charge in [-0.15, -0.1) is 0 Å². The molecule has 1 aliphatic carbocycles. The van der Waals surface area contributed by atoms with Gasteiger partial charge in [-0.2, -0.15) is 0 Å². The Morgan fingerprint density at radius 2 is 1.74 bits per heavy atom. The summed E-state index contributed by atoms with van der Waals surface area (Å²) in [6, 6.07) is 18.6. The van der Waals surface area contributed by atoms with Crippen molar-refractivity contribution < 1.29 is 14.1 Å². The van der Waals surface area contributed by atoms with Gasteiger partial charge in [-0.25, -0.2) is 0 Å². The first kappa shape index (κ1) is 26.3. The van der Waals surface area contributed by atoms with Gasteiger partial charge in [-0.1, -0.05) is 49.9 Å².